The predicted octanol–water partition coefficient (Wildman–Crippen LogP) is 5.48. The van der Waals surface area contributed by atoms with E-state index in [1.165, 1.54) is 12.1 Å². The number of nitrogen functional groups attached to an aromatic ring is 1. The Balaban J connectivity index is 1.52. The number of halogens is 3. The maximum atomic E-state index is 13.9. The van der Waals surface area contributed by atoms with E-state index in [1.54, 1.807) is 25.4 Å². The van der Waals surface area contributed by atoms with Gasteiger partial charge in [0.1, 0.15) is 17.7 Å². The summed E-state index contributed by atoms with van der Waals surface area (Å²) < 4.78 is 19.9. The van der Waals surface area contributed by atoms with Crippen LogP contribution >= 0.6 is 23.2 Å². The van der Waals surface area contributed by atoms with Crippen LogP contribution in [0.5, 0.6) is 5.75 Å². The molecule has 1 aliphatic rings. The molecule has 1 fully saturated rings. The third kappa shape index (κ3) is 5.06. The van der Waals surface area contributed by atoms with Gasteiger partial charge in [-0.2, -0.15) is 0 Å². The molecule has 32 heavy (non-hydrogen) atoms. The molecular weight excluding hydrogens is 452 g/mol. The molecular formula is C23H24Cl2FN5O. The number of piperidine rings is 1. The lowest BCUT2D eigenvalue weighted by Crippen LogP contribution is -2.35. The molecule has 0 bridgehead atoms. The van der Waals surface area contributed by atoms with E-state index in [9.17, 15) is 4.39 Å². The maximum absolute atomic E-state index is 13.9. The number of anilines is 2. The zero-order chi connectivity index (χ0) is 22.7. The van der Waals surface area contributed by atoms with Crippen molar-refractivity contribution < 1.29 is 9.13 Å². The second-order valence-corrected chi connectivity index (χ2v) is 8.51. The van der Waals surface area contributed by atoms with Gasteiger partial charge in [0.05, 0.1) is 5.02 Å². The molecule has 0 aliphatic carbocycles. The first-order chi connectivity index (χ1) is 15.4. The second-order valence-electron chi connectivity index (χ2n) is 7.73. The lowest BCUT2D eigenvalue weighted by molar-refractivity contribution is 0.227. The Kier molecular flexibility index (Phi) is 6.98. The highest BCUT2D eigenvalue weighted by molar-refractivity contribution is 6.36. The van der Waals surface area contributed by atoms with Crippen LogP contribution in [0.25, 0.3) is 11.1 Å². The molecule has 1 unspecified atom stereocenters. The van der Waals surface area contributed by atoms with Crippen molar-refractivity contribution in [2.24, 2.45) is 0 Å². The molecule has 6 nitrogen and oxygen atoms in total. The fourth-order valence-electron chi connectivity index (χ4n) is 3.70. The van der Waals surface area contributed by atoms with Crippen LogP contribution in [0.15, 0.2) is 42.7 Å². The smallest absolute Gasteiger partial charge is 0.166 e. The first-order valence-corrected chi connectivity index (χ1v) is 11.2. The third-order valence-corrected chi connectivity index (χ3v) is 6.17. The van der Waals surface area contributed by atoms with E-state index in [1.807, 2.05) is 12.1 Å². The number of nitrogens with zero attached hydrogens (tertiary/aromatic N) is 2. The van der Waals surface area contributed by atoms with Gasteiger partial charge in [0, 0.05) is 40.1 Å². The van der Waals surface area contributed by atoms with Gasteiger partial charge in [-0.3, -0.25) is 0 Å². The van der Waals surface area contributed by atoms with Crippen LogP contribution in [0.2, 0.25) is 10.0 Å². The van der Waals surface area contributed by atoms with Crippen LogP contribution in [0, 0.1) is 5.82 Å². The molecule has 1 atom stereocenters. The molecule has 0 amide bonds. The van der Waals surface area contributed by atoms with Crippen molar-refractivity contribution in [3.8, 4) is 16.9 Å². The molecule has 1 saturated heterocycles. The zero-order valence-corrected chi connectivity index (χ0v) is 19.1. The molecule has 4 N–H and O–H groups in total. The fraction of sp³-hybridized carbons (Fsp3) is 0.304. The summed E-state index contributed by atoms with van der Waals surface area (Å²) >= 11 is 12.3. The second kappa shape index (κ2) is 9.90. The van der Waals surface area contributed by atoms with Crippen LogP contribution in [0.4, 0.5) is 16.0 Å². The molecule has 0 spiro atoms. The predicted molar refractivity (Wildman–Crippen MR) is 127 cm³/mol. The largest absolute Gasteiger partial charge is 0.482 e. The molecule has 1 aliphatic heterocycles. The Morgan fingerprint density at radius 1 is 1.12 bits per heavy atom. The molecule has 1 aromatic carbocycles. The van der Waals surface area contributed by atoms with Gasteiger partial charge in [-0.15, -0.1) is 0 Å². The number of benzene rings is 1. The number of hydrogen-bond acceptors (Lipinski definition) is 6. The zero-order valence-electron chi connectivity index (χ0n) is 17.5. The number of ether oxygens (including phenoxy) is 1. The quantitative estimate of drug-likeness (QED) is 0.409. The summed E-state index contributed by atoms with van der Waals surface area (Å²) in [5.41, 5.74) is 8.03. The van der Waals surface area contributed by atoms with E-state index >= 15 is 0 Å². The minimum atomic E-state index is -0.639. The van der Waals surface area contributed by atoms with E-state index in [0.717, 1.165) is 42.9 Å². The number of aromatic nitrogens is 2. The molecule has 2 aromatic heterocycles. The van der Waals surface area contributed by atoms with Gasteiger partial charge in [0.15, 0.2) is 11.6 Å². The Hall–Kier alpha value is -2.61. The van der Waals surface area contributed by atoms with Crippen LogP contribution in [0.1, 0.15) is 31.4 Å². The van der Waals surface area contributed by atoms with Crippen LogP contribution in [-0.4, -0.2) is 29.1 Å². The molecule has 3 heterocycles. The lowest BCUT2D eigenvalue weighted by atomic mass is 10.1. The summed E-state index contributed by atoms with van der Waals surface area (Å²) in [7, 11) is 0. The summed E-state index contributed by atoms with van der Waals surface area (Å²) in [6, 6.07) is 8.78. The van der Waals surface area contributed by atoms with Crippen molar-refractivity contribution in [2.75, 3.05) is 24.1 Å². The molecule has 168 valence electrons. The van der Waals surface area contributed by atoms with Gasteiger partial charge < -0.3 is 21.1 Å². The van der Waals surface area contributed by atoms with Crippen LogP contribution in [0.3, 0.4) is 0 Å². The van der Waals surface area contributed by atoms with Crippen molar-refractivity contribution >= 4 is 34.8 Å². The number of rotatable bonds is 6. The van der Waals surface area contributed by atoms with Gasteiger partial charge in [-0.05, 0) is 63.2 Å². The maximum Gasteiger partial charge on any atom is 0.166 e. The van der Waals surface area contributed by atoms with E-state index in [4.69, 9.17) is 33.7 Å². The Labute approximate surface area is 196 Å². The minimum Gasteiger partial charge on any atom is -0.482 e. The van der Waals surface area contributed by atoms with Gasteiger partial charge in [-0.25, -0.2) is 14.4 Å². The minimum absolute atomic E-state index is 0.0753. The number of hydrogen-bond donors (Lipinski definition) is 3. The highest BCUT2D eigenvalue weighted by atomic mass is 35.5. The molecule has 4 rings (SSSR count). The first kappa shape index (κ1) is 22.6. The van der Waals surface area contributed by atoms with Gasteiger partial charge in [0.2, 0.25) is 0 Å². The average molecular weight is 476 g/mol. The highest BCUT2D eigenvalue weighted by Gasteiger charge is 2.20. The molecule has 0 saturated carbocycles. The lowest BCUT2D eigenvalue weighted by Gasteiger charge is -2.24. The topological polar surface area (TPSA) is 85.1 Å². The van der Waals surface area contributed by atoms with E-state index in [-0.39, 0.29) is 10.8 Å². The summed E-state index contributed by atoms with van der Waals surface area (Å²) in [5.74, 6) is 0.833. The first-order valence-electron chi connectivity index (χ1n) is 10.4. The summed E-state index contributed by atoms with van der Waals surface area (Å²) in [4.78, 5) is 8.78. The number of pyridine rings is 2. The van der Waals surface area contributed by atoms with Gasteiger partial charge >= 0.3 is 0 Å². The number of nitrogens with two attached hydrogens (primary N) is 1. The van der Waals surface area contributed by atoms with E-state index < -0.39 is 11.9 Å². The highest BCUT2D eigenvalue weighted by Crippen LogP contribution is 2.37. The van der Waals surface area contributed by atoms with E-state index in [0.29, 0.717) is 22.4 Å². The van der Waals surface area contributed by atoms with Crippen LogP contribution in [-0.2, 0) is 0 Å². The molecule has 0 radical (unpaired) electrons. The SMILES string of the molecule is CC(Oc1cc(-c2ccc(NC3CCNCC3)nc2)cnc1N)c1c(Cl)ccc(F)c1Cl. The van der Waals surface area contributed by atoms with Crippen LogP contribution < -0.4 is 21.1 Å². The van der Waals surface area contributed by atoms with Crippen molar-refractivity contribution in [1.82, 2.24) is 15.3 Å². The Bertz CT molecular complexity index is 1090. The van der Waals surface area contributed by atoms with Gasteiger partial charge in [0.25, 0.3) is 0 Å². The standard InChI is InChI=1S/C23H24Cl2FN5O/c1-13(21-17(24)3-4-18(26)22(21)25)32-19-10-15(12-30-23(19)27)14-2-5-20(29-11-14)31-16-6-8-28-9-7-16/h2-5,10-13,16,28H,6-9H2,1H3,(H2,27,30)(H,29,31). The summed E-state index contributed by atoms with van der Waals surface area (Å²) in [6.45, 7) is 3.75. The van der Waals surface area contributed by atoms with E-state index in [2.05, 4.69) is 20.6 Å². The van der Waals surface area contributed by atoms with Crippen molar-refractivity contribution in [2.45, 2.75) is 31.9 Å². The average Bonchev–Trinajstić information content (AvgIpc) is 2.79. The monoisotopic (exact) mass is 475 g/mol. The summed E-state index contributed by atoms with van der Waals surface area (Å²) in [5, 5.41) is 7.06. The fourth-order valence-corrected chi connectivity index (χ4v) is 4.38. The van der Waals surface area contributed by atoms with Crippen molar-refractivity contribution in [3.05, 3.63) is 64.2 Å². The molecule has 9 heteroatoms. The van der Waals surface area contributed by atoms with Crippen molar-refractivity contribution in [1.29, 1.82) is 0 Å². The van der Waals surface area contributed by atoms with Crippen molar-refractivity contribution in [3.63, 3.8) is 0 Å². The van der Waals surface area contributed by atoms with Gasteiger partial charge in [-0.1, -0.05) is 23.2 Å². The normalized spacial score (nSPS) is 15.4. The number of nitrogens with one attached hydrogen (secondary N) is 2. The Morgan fingerprint density at radius 3 is 2.59 bits per heavy atom. The third-order valence-electron chi connectivity index (χ3n) is 5.46. The molecule has 3 aromatic rings. The Morgan fingerprint density at radius 2 is 1.88 bits per heavy atom. The summed E-state index contributed by atoms with van der Waals surface area (Å²) in [6.07, 6.45) is 4.95.